The van der Waals surface area contributed by atoms with Crippen molar-refractivity contribution in [1.29, 1.82) is 0 Å². The molecule has 2 amide bonds. The fourth-order valence-electron chi connectivity index (χ4n) is 2.83. The summed E-state index contributed by atoms with van der Waals surface area (Å²) in [6, 6.07) is 11.8. The van der Waals surface area contributed by atoms with Gasteiger partial charge >= 0.3 is 6.03 Å². The Morgan fingerprint density at radius 2 is 1.66 bits per heavy atom. The number of benzene rings is 2. The molecule has 158 valence electrons. The van der Waals surface area contributed by atoms with Gasteiger partial charge in [-0.05, 0) is 35.2 Å². The summed E-state index contributed by atoms with van der Waals surface area (Å²) in [5.74, 6) is 1.01. The van der Waals surface area contributed by atoms with Gasteiger partial charge in [0.15, 0.2) is 5.75 Å². The Morgan fingerprint density at radius 1 is 1.07 bits per heavy atom. The van der Waals surface area contributed by atoms with Crippen LogP contribution < -0.4 is 10.1 Å². The highest BCUT2D eigenvalue weighted by atomic mass is 35.5. The Labute approximate surface area is 188 Å². The van der Waals surface area contributed by atoms with Crippen molar-refractivity contribution < 1.29 is 9.53 Å². The number of nitrogens with one attached hydrogen (secondary N) is 1. The van der Waals surface area contributed by atoms with Crippen LogP contribution in [-0.4, -0.2) is 37.5 Å². The Balaban J connectivity index is 2.18. The van der Waals surface area contributed by atoms with E-state index in [4.69, 9.17) is 39.5 Å². The van der Waals surface area contributed by atoms with Crippen LogP contribution in [0.5, 0.6) is 5.75 Å². The summed E-state index contributed by atoms with van der Waals surface area (Å²) < 4.78 is 5.67. The average Bonchev–Trinajstić information content (AvgIpc) is 2.68. The molecule has 0 saturated heterocycles. The summed E-state index contributed by atoms with van der Waals surface area (Å²) in [5, 5.41) is 3.83. The third kappa shape index (κ3) is 6.18. The molecule has 0 saturated carbocycles. The number of amides is 2. The summed E-state index contributed by atoms with van der Waals surface area (Å²) >= 11 is 18.6. The number of urea groups is 1. The SMILES string of the molecule is CN(C)C(=O)NCc1ccc(C(C)(C)c2cc(Cl)c(OCCCCl)c(Cl)c2)cc1. The summed E-state index contributed by atoms with van der Waals surface area (Å²) in [6.07, 6.45) is 0.725. The molecule has 0 aliphatic heterocycles. The van der Waals surface area contributed by atoms with Crippen molar-refractivity contribution in [3.63, 3.8) is 0 Å². The van der Waals surface area contributed by atoms with Gasteiger partial charge in [0.2, 0.25) is 0 Å². The van der Waals surface area contributed by atoms with Gasteiger partial charge < -0.3 is 15.0 Å². The maximum absolute atomic E-state index is 11.7. The van der Waals surface area contributed by atoms with Crippen LogP contribution in [0.3, 0.4) is 0 Å². The van der Waals surface area contributed by atoms with Gasteiger partial charge in [-0.2, -0.15) is 0 Å². The summed E-state index contributed by atoms with van der Waals surface area (Å²) in [4.78, 5) is 13.2. The van der Waals surface area contributed by atoms with Crippen LogP contribution in [-0.2, 0) is 12.0 Å². The third-order valence-electron chi connectivity index (χ3n) is 4.77. The zero-order chi connectivity index (χ0) is 21.6. The Kier molecular flexibility index (Phi) is 8.50. The van der Waals surface area contributed by atoms with E-state index in [1.807, 2.05) is 24.3 Å². The molecule has 0 fully saturated rings. The minimum atomic E-state index is -0.312. The first kappa shape index (κ1) is 23.7. The van der Waals surface area contributed by atoms with Crippen molar-refractivity contribution in [2.24, 2.45) is 0 Å². The second-order valence-corrected chi connectivity index (χ2v) is 8.73. The molecule has 1 N–H and O–H groups in total. The molecule has 29 heavy (non-hydrogen) atoms. The van der Waals surface area contributed by atoms with E-state index in [1.165, 1.54) is 4.90 Å². The molecule has 0 radical (unpaired) electrons. The van der Waals surface area contributed by atoms with E-state index in [0.29, 0.717) is 34.8 Å². The van der Waals surface area contributed by atoms with E-state index in [9.17, 15) is 4.79 Å². The number of carbonyl (C=O) groups excluding carboxylic acids is 1. The molecule has 7 heteroatoms. The smallest absolute Gasteiger partial charge is 0.317 e. The number of halogens is 3. The number of hydrogen-bond donors (Lipinski definition) is 1. The molecule has 0 heterocycles. The Morgan fingerprint density at radius 3 is 2.17 bits per heavy atom. The zero-order valence-corrected chi connectivity index (χ0v) is 19.5. The average molecular weight is 458 g/mol. The van der Waals surface area contributed by atoms with E-state index >= 15 is 0 Å². The number of carbonyl (C=O) groups is 1. The molecule has 2 rings (SSSR count). The lowest BCUT2D eigenvalue weighted by atomic mass is 9.78. The van der Waals surface area contributed by atoms with E-state index in [0.717, 1.165) is 23.1 Å². The summed E-state index contributed by atoms with van der Waals surface area (Å²) in [6.45, 7) is 5.18. The van der Waals surface area contributed by atoms with Crippen LogP contribution in [0.25, 0.3) is 0 Å². The first-order chi connectivity index (χ1) is 13.7. The van der Waals surface area contributed by atoms with Crippen molar-refractivity contribution in [3.8, 4) is 5.75 Å². The number of rotatable bonds is 8. The lowest BCUT2D eigenvalue weighted by molar-refractivity contribution is 0.217. The fraction of sp³-hybridized carbons (Fsp3) is 0.409. The van der Waals surface area contributed by atoms with E-state index < -0.39 is 0 Å². The molecule has 4 nitrogen and oxygen atoms in total. The molecule has 0 aromatic heterocycles. The van der Waals surface area contributed by atoms with Crippen molar-refractivity contribution in [2.45, 2.75) is 32.2 Å². The number of alkyl halides is 1. The van der Waals surface area contributed by atoms with Gasteiger partial charge in [-0.1, -0.05) is 61.3 Å². The molecule has 0 bridgehead atoms. The predicted octanol–water partition coefficient (Wildman–Crippen LogP) is 6.10. The molecule has 0 aliphatic rings. The largest absolute Gasteiger partial charge is 0.490 e. The van der Waals surface area contributed by atoms with Crippen LogP contribution in [0.2, 0.25) is 10.0 Å². The van der Waals surface area contributed by atoms with E-state index in [1.54, 1.807) is 14.1 Å². The maximum Gasteiger partial charge on any atom is 0.317 e. The van der Waals surface area contributed by atoms with E-state index in [2.05, 4.69) is 31.3 Å². The Hall–Kier alpha value is -1.62. The predicted molar refractivity (Wildman–Crippen MR) is 122 cm³/mol. The molecule has 0 aliphatic carbocycles. The maximum atomic E-state index is 11.7. The highest BCUT2D eigenvalue weighted by molar-refractivity contribution is 6.37. The molecule has 0 spiro atoms. The molecule has 0 unspecified atom stereocenters. The second-order valence-electron chi connectivity index (χ2n) is 7.54. The van der Waals surface area contributed by atoms with E-state index in [-0.39, 0.29) is 11.4 Å². The molecule has 0 atom stereocenters. The highest BCUT2D eigenvalue weighted by Crippen LogP contribution is 2.40. The van der Waals surface area contributed by atoms with Crippen LogP contribution >= 0.6 is 34.8 Å². The first-order valence-corrected chi connectivity index (χ1v) is 10.7. The first-order valence-electron chi connectivity index (χ1n) is 9.39. The lowest BCUT2D eigenvalue weighted by Crippen LogP contribution is -2.33. The molecular formula is C22H27Cl3N2O2. The van der Waals surface area contributed by atoms with Crippen LogP contribution in [0.4, 0.5) is 4.79 Å². The number of hydrogen-bond acceptors (Lipinski definition) is 2. The van der Waals surface area contributed by atoms with Crippen LogP contribution in [0.1, 0.15) is 37.0 Å². The Bertz CT molecular complexity index is 813. The summed E-state index contributed by atoms with van der Waals surface area (Å²) in [7, 11) is 3.43. The quantitative estimate of drug-likeness (QED) is 0.384. The van der Waals surface area contributed by atoms with Gasteiger partial charge in [0.05, 0.1) is 16.7 Å². The topological polar surface area (TPSA) is 41.6 Å². The second kappa shape index (κ2) is 10.4. The lowest BCUT2D eigenvalue weighted by Gasteiger charge is -2.27. The molecular weight excluding hydrogens is 431 g/mol. The van der Waals surface area contributed by atoms with Gasteiger partial charge in [0.25, 0.3) is 0 Å². The number of nitrogens with zero attached hydrogens (tertiary/aromatic N) is 1. The van der Waals surface area contributed by atoms with Crippen molar-refractivity contribution in [2.75, 3.05) is 26.6 Å². The summed E-state index contributed by atoms with van der Waals surface area (Å²) in [5.41, 5.74) is 2.82. The van der Waals surface area contributed by atoms with Crippen LogP contribution in [0, 0.1) is 0 Å². The van der Waals surface area contributed by atoms with Gasteiger partial charge in [-0.15, -0.1) is 11.6 Å². The molecule has 2 aromatic carbocycles. The molecule has 2 aromatic rings. The zero-order valence-electron chi connectivity index (χ0n) is 17.2. The monoisotopic (exact) mass is 456 g/mol. The standard InChI is InChI=1S/C22H27Cl3N2O2/c1-22(2,16-8-6-15(7-9-16)14-26-21(28)27(3)4)17-12-18(24)20(19(25)13-17)29-11-5-10-23/h6-9,12-13H,5,10-11,14H2,1-4H3,(H,26,28). The highest BCUT2D eigenvalue weighted by Gasteiger charge is 2.25. The minimum Gasteiger partial charge on any atom is -0.490 e. The normalized spacial score (nSPS) is 11.3. The van der Waals surface area contributed by atoms with Crippen molar-refractivity contribution in [3.05, 3.63) is 63.1 Å². The van der Waals surface area contributed by atoms with Gasteiger partial charge in [-0.3, -0.25) is 0 Å². The van der Waals surface area contributed by atoms with Gasteiger partial charge in [-0.25, -0.2) is 4.79 Å². The van der Waals surface area contributed by atoms with Crippen molar-refractivity contribution >= 4 is 40.8 Å². The van der Waals surface area contributed by atoms with Crippen LogP contribution in [0.15, 0.2) is 36.4 Å². The number of ether oxygens (including phenoxy) is 1. The fourth-order valence-corrected chi connectivity index (χ4v) is 3.53. The minimum absolute atomic E-state index is 0.118. The third-order valence-corrected chi connectivity index (χ3v) is 5.60. The van der Waals surface area contributed by atoms with Crippen molar-refractivity contribution in [1.82, 2.24) is 10.2 Å². The van der Waals surface area contributed by atoms with Gasteiger partial charge in [0.1, 0.15) is 0 Å². The van der Waals surface area contributed by atoms with Gasteiger partial charge in [0, 0.05) is 31.9 Å².